The standard InChI is InChI=1S/C37H54O4/c1-23(2)24(3)7-8-25(4)30-13-14-31-29-12-11-27-22-28(17-19-36(27,5)32(29)18-20-37(30,31)6)41-35(40)16-10-26-9-15-33(38)34(39)21-26/h9-11,15-16,21,23-25,28-32,38-39H,7-8,12-14,17-20,22H2,1-6H3/b16-10-. The van der Waals surface area contributed by atoms with Gasteiger partial charge in [-0.15, -0.1) is 0 Å². The van der Waals surface area contributed by atoms with Gasteiger partial charge < -0.3 is 14.9 Å². The third-order valence-corrected chi connectivity index (χ3v) is 12.7. The number of carbonyl (C=O) groups excluding carboxylic acids is 1. The SMILES string of the molecule is CC(C)C(C)CCC(C)C1CCC2C3CC=C4CC(OC(=O)/C=C\c5ccc(O)c(O)c5)CCC4(C)C3CCC12C. The number of esters is 1. The van der Waals surface area contributed by atoms with Crippen molar-refractivity contribution >= 4 is 12.0 Å². The number of hydrogen-bond donors (Lipinski definition) is 2. The zero-order chi connectivity index (χ0) is 29.5. The summed E-state index contributed by atoms with van der Waals surface area (Å²) in [5, 5.41) is 19.2. The fourth-order valence-electron chi connectivity index (χ4n) is 9.78. The first-order valence-corrected chi connectivity index (χ1v) is 16.5. The maximum atomic E-state index is 12.6. The highest BCUT2D eigenvalue weighted by Crippen LogP contribution is 2.67. The van der Waals surface area contributed by atoms with Gasteiger partial charge in [0.1, 0.15) is 6.10 Å². The van der Waals surface area contributed by atoms with Crippen LogP contribution in [0.2, 0.25) is 0 Å². The molecule has 5 rings (SSSR count). The van der Waals surface area contributed by atoms with E-state index in [4.69, 9.17) is 4.74 Å². The van der Waals surface area contributed by atoms with Crippen molar-refractivity contribution in [3.05, 3.63) is 41.5 Å². The van der Waals surface area contributed by atoms with E-state index in [0.29, 0.717) is 11.0 Å². The fraction of sp³-hybridized carbons (Fsp3) is 0.703. The van der Waals surface area contributed by atoms with Crippen molar-refractivity contribution in [2.24, 2.45) is 52.3 Å². The van der Waals surface area contributed by atoms with Gasteiger partial charge in [-0.25, -0.2) is 4.79 Å². The van der Waals surface area contributed by atoms with Crippen molar-refractivity contribution in [3.8, 4) is 11.5 Å². The van der Waals surface area contributed by atoms with Crippen LogP contribution in [0.4, 0.5) is 0 Å². The minimum atomic E-state index is -0.345. The summed E-state index contributed by atoms with van der Waals surface area (Å²) in [6.07, 6.45) is 17.9. The molecule has 41 heavy (non-hydrogen) atoms. The van der Waals surface area contributed by atoms with Gasteiger partial charge in [0.25, 0.3) is 0 Å². The molecule has 4 aliphatic rings. The molecule has 226 valence electrons. The number of fused-ring (bicyclic) bond motifs is 5. The summed E-state index contributed by atoms with van der Waals surface area (Å²) in [6, 6.07) is 4.51. The van der Waals surface area contributed by atoms with E-state index in [-0.39, 0.29) is 29.0 Å². The molecule has 0 aromatic heterocycles. The van der Waals surface area contributed by atoms with Crippen LogP contribution in [0.5, 0.6) is 11.5 Å². The Morgan fingerprint density at radius 3 is 2.51 bits per heavy atom. The molecule has 0 saturated heterocycles. The third kappa shape index (κ3) is 5.87. The molecule has 2 N–H and O–H groups in total. The number of aromatic hydroxyl groups is 2. The van der Waals surface area contributed by atoms with Gasteiger partial charge >= 0.3 is 5.97 Å². The van der Waals surface area contributed by atoms with Gasteiger partial charge in [0.05, 0.1) is 0 Å². The van der Waals surface area contributed by atoms with Gasteiger partial charge in [-0.05, 0) is 121 Å². The molecule has 1 aromatic carbocycles. The number of ether oxygens (including phenoxy) is 1. The van der Waals surface area contributed by atoms with Crippen molar-refractivity contribution in [2.45, 2.75) is 112 Å². The lowest BCUT2D eigenvalue weighted by molar-refractivity contribution is -0.145. The Morgan fingerprint density at radius 2 is 1.78 bits per heavy atom. The van der Waals surface area contributed by atoms with Crippen LogP contribution in [0.1, 0.15) is 111 Å². The first-order chi connectivity index (χ1) is 19.4. The van der Waals surface area contributed by atoms with Gasteiger partial charge in [0.15, 0.2) is 11.5 Å². The van der Waals surface area contributed by atoms with Gasteiger partial charge in [0, 0.05) is 12.5 Å². The predicted molar refractivity (Wildman–Crippen MR) is 166 cm³/mol. The van der Waals surface area contributed by atoms with Crippen LogP contribution < -0.4 is 0 Å². The second kappa shape index (κ2) is 11.8. The van der Waals surface area contributed by atoms with Crippen LogP contribution in [0, 0.1) is 52.3 Å². The monoisotopic (exact) mass is 562 g/mol. The molecule has 9 unspecified atom stereocenters. The second-order valence-corrected chi connectivity index (χ2v) is 15.1. The Hall–Kier alpha value is -2.23. The summed E-state index contributed by atoms with van der Waals surface area (Å²) in [4.78, 5) is 12.6. The molecule has 9 atom stereocenters. The van der Waals surface area contributed by atoms with E-state index in [1.165, 1.54) is 68.7 Å². The average molecular weight is 563 g/mol. The quantitative estimate of drug-likeness (QED) is 0.143. The molecule has 4 aliphatic carbocycles. The lowest BCUT2D eigenvalue weighted by atomic mass is 9.47. The number of carbonyl (C=O) groups is 1. The van der Waals surface area contributed by atoms with E-state index in [1.54, 1.807) is 12.1 Å². The molecule has 4 heteroatoms. The largest absolute Gasteiger partial charge is 0.504 e. The fourth-order valence-corrected chi connectivity index (χ4v) is 9.78. The van der Waals surface area contributed by atoms with Gasteiger partial charge in [-0.1, -0.05) is 72.1 Å². The molecule has 0 radical (unpaired) electrons. The number of hydrogen-bond acceptors (Lipinski definition) is 4. The molecule has 4 nitrogen and oxygen atoms in total. The van der Waals surface area contributed by atoms with Crippen LogP contribution >= 0.6 is 0 Å². The Labute approximate surface area is 248 Å². The highest BCUT2D eigenvalue weighted by Gasteiger charge is 2.59. The van der Waals surface area contributed by atoms with Crippen LogP contribution in [-0.4, -0.2) is 22.3 Å². The maximum Gasteiger partial charge on any atom is 0.331 e. The molecule has 1 aromatic rings. The number of benzene rings is 1. The summed E-state index contributed by atoms with van der Waals surface area (Å²) in [7, 11) is 0. The summed E-state index contributed by atoms with van der Waals surface area (Å²) in [5.74, 6) is 5.00. The number of phenolic OH excluding ortho intramolecular Hbond substituents is 2. The molecule has 0 spiro atoms. The second-order valence-electron chi connectivity index (χ2n) is 15.1. The van der Waals surface area contributed by atoms with Crippen molar-refractivity contribution in [1.29, 1.82) is 0 Å². The van der Waals surface area contributed by atoms with E-state index in [2.05, 4.69) is 47.6 Å². The molecule has 3 saturated carbocycles. The average Bonchev–Trinajstić information content (AvgIpc) is 3.29. The van der Waals surface area contributed by atoms with Crippen molar-refractivity contribution < 1.29 is 19.7 Å². The summed E-state index contributed by atoms with van der Waals surface area (Å²) >= 11 is 0. The van der Waals surface area contributed by atoms with Crippen molar-refractivity contribution in [2.75, 3.05) is 0 Å². The summed E-state index contributed by atoms with van der Waals surface area (Å²) in [5.41, 5.74) is 2.91. The Morgan fingerprint density at radius 1 is 1.00 bits per heavy atom. The lowest BCUT2D eigenvalue weighted by Gasteiger charge is -2.58. The van der Waals surface area contributed by atoms with E-state index in [1.807, 2.05) is 0 Å². The van der Waals surface area contributed by atoms with Crippen LogP contribution in [0.25, 0.3) is 6.08 Å². The minimum absolute atomic E-state index is 0.0740. The number of allylic oxidation sites excluding steroid dienone is 1. The topological polar surface area (TPSA) is 66.8 Å². The molecule has 0 bridgehead atoms. The normalized spacial score (nSPS) is 36.3. The van der Waals surface area contributed by atoms with Crippen LogP contribution in [0.3, 0.4) is 0 Å². The lowest BCUT2D eigenvalue weighted by Crippen LogP contribution is -2.51. The molecule has 0 aliphatic heterocycles. The summed E-state index contributed by atoms with van der Waals surface area (Å²) < 4.78 is 5.90. The molecule has 0 amide bonds. The van der Waals surface area contributed by atoms with Gasteiger partial charge in [0.2, 0.25) is 0 Å². The van der Waals surface area contributed by atoms with E-state index >= 15 is 0 Å². The zero-order valence-electron chi connectivity index (χ0n) is 26.4. The molecular weight excluding hydrogens is 508 g/mol. The van der Waals surface area contributed by atoms with Crippen molar-refractivity contribution in [1.82, 2.24) is 0 Å². The molecule has 0 heterocycles. The van der Waals surface area contributed by atoms with Gasteiger partial charge in [-0.3, -0.25) is 0 Å². The zero-order valence-corrected chi connectivity index (χ0v) is 26.4. The first-order valence-electron chi connectivity index (χ1n) is 16.5. The Kier molecular flexibility index (Phi) is 8.71. The Bertz CT molecular complexity index is 1170. The predicted octanol–water partition coefficient (Wildman–Crippen LogP) is 9.31. The van der Waals surface area contributed by atoms with Gasteiger partial charge in [-0.2, -0.15) is 0 Å². The van der Waals surface area contributed by atoms with Crippen molar-refractivity contribution in [3.63, 3.8) is 0 Å². The first kappa shape index (κ1) is 30.2. The third-order valence-electron chi connectivity index (χ3n) is 12.7. The van der Waals surface area contributed by atoms with E-state index in [9.17, 15) is 15.0 Å². The molecule has 3 fully saturated rings. The van der Waals surface area contributed by atoms with E-state index in [0.717, 1.165) is 60.7 Å². The smallest absolute Gasteiger partial charge is 0.331 e. The number of rotatable bonds is 8. The highest BCUT2D eigenvalue weighted by molar-refractivity contribution is 5.87. The Balaban J connectivity index is 1.21. The summed E-state index contributed by atoms with van der Waals surface area (Å²) in [6.45, 7) is 14.9. The highest BCUT2D eigenvalue weighted by atomic mass is 16.5. The minimum Gasteiger partial charge on any atom is -0.504 e. The van der Waals surface area contributed by atoms with E-state index < -0.39 is 0 Å². The van der Waals surface area contributed by atoms with Crippen LogP contribution in [0.15, 0.2) is 35.9 Å². The maximum absolute atomic E-state index is 12.6. The molecular formula is C37H54O4. The van der Waals surface area contributed by atoms with Crippen LogP contribution in [-0.2, 0) is 9.53 Å². The number of phenols is 2.